The molecule has 0 unspecified atom stereocenters. The molecule has 2 atom stereocenters. The first-order chi connectivity index (χ1) is 16.9. The Morgan fingerprint density at radius 3 is 2.71 bits per heavy atom. The number of aliphatic hydroxyl groups excluding tert-OH is 1. The Morgan fingerprint density at radius 1 is 1.23 bits per heavy atom. The summed E-state index contributed by atoms with van der Waals surface area (Å²) in [5.74, 6) is 0.181. The summed E-state index contributed by atoms with van der Waals surface area (Å²) < 4.78 is 34.1. The lowest BCUT2D eigenvalue weighted by Crippen LogP contribution is -2.45. The van der Waals surface area contributed by atoms with Crippen LogP contribution in [0.4, 0.5) is 8.78 Å². The number of fused-ring (bicyclic) bond motifs is 2. The van der Waals surface area contributed by atoms with Gasteiger partial charge in [0.2, 0.25) is 0 Å². The van der Waals surface area contributed by atoms with Crippen molar-refractivity contribution in [2.75, 3.05) is 6.61 Å². The number of hydrogen-bond donors (Lipinski definition) is 2. The van der Waals surface area contributed by atoms with Gasteiger partial charge in [0.25, 0.3) is 0 Å². The van der Waals surface area contributed by atoms with Crippen molar-refractivity contribution in [1.29, 1.82) is 0 Å². The Morgan fingerprint density at radius 2 is 2.03 bits per heavy atom. The van der Waals surface area contributed by atoms with Crippen LogP contribution in [-0.2, 0) is 11.3 Å². The van der Waals surface area contributed by atoms with Crippen LogP contribution < -0.4 is 5.73 Å². The number of benzene rings is 1. The van der Waals surface area contributed by atoms with E-state index in [2.05, 4.69) is 10.2 Å². The molecular weight excluding hydrogens is 456 g/mol. The minimum atomic E-state index is -2.71. The van der Waals surface area contributed by atoms with Crippen molar-refractivity contribution >= 4 is 22.1 Å². The second-order valence-corrected chi connectivity index (χ2v) is 9.79. The van der Waals surface area contributed by atoms with Crippen LogP contribution >= 0.6 is 0 Å². The fourth-order valence-corrected chi connectivity index (χ4v) is 5.72. The number of alkyl halides is 2. The molecule has 0 amide bonds. The lowest BCUT2D eigenvalue weighted by molar-refractivity contribution is 0.0574. The third-order valence-corrected chi connectivity index (χ3v) is 7.82. The molecule has 1 saturated carbocycles. The minimum Gasteiger partial charge on any atom is -0.390 e. The molecular formula is C24H27F2N7O2. The summed E-state index contributed by atoms with van der Waals surface area (Å²) in [6.45, 7) is -0.202. The summed E-state index contributed by atoms with van der Waals surface area (Å²) in [4.78, 5) is 9.59. The minimum absolute atomic E-state index is 0.0215. The first-order valence-corrected chi connectivity index (χ1v) is 11.9. The number of ether oxygens (including phenoxy) is 1. The van der Waals surface area contributed by atoms with Crippen LogP contribution in [0.1, 0.15) is 56.5 Å². The maximum absolute atomic E-state index is 13.0. The summed E-state index contributed by atoms with van der Waals surface area (Å²) in [6.07, 6.45) is 6.76. The van der Waals surface area contributed by atoms with E-state index in [0.717, 1.165) is 31.4 Å². The number of rotatable bonds is 4. The van der Waals surface area contributed by atoms with Gasteiger partial charge in [-0.2, -0.15) is 19.0 Å². The van der Waals surface area contributed by atoms with E-state index < -0.39 is 6.55 Å². The number of halogens is 2. The maximum Gasteiger partial charge on any atom is 0.333 e. The van der Waals surface area contributed by atoms with Gasteiger partial charge in [-0.25, -0.2) is 19.3 Å². The highest BCUT2D eigenvalue weighted by atomic mass is 19.3. The maximum atomic E-state index is 13.0. The van der Waals surface area contributed by atoms with Crippen molar-refractivity contribution in [2.45, 2.75) is 63.8 Å². The van der Waals surface area contributed by atoms with Gasteiger partial charge in [-0.05, 0) is 50.8 Å². The number of aliphatic hydroxyl groups is 1. The number of hydrogen-bond acceptors (Lipinski definition) is 7. The molecule has 1 saturated heterocycles. The van der Waals surface area contributed by atoms with Crippen molar-refractivity contribution in [3.63, 3.8) is 0 Å². The van der Waals surface area contributed by atoms with Crippen LogP contribution in [0.3, 0.4) is 0 Å². The highest BCUT2D eigenvalue weighted by Gasteiger charge is 2.48. The molecule has 9 nitrogen and oxygen atoms in total. The van der Waals surface area contributed by atoms with Crippen LogP contribution in [0.25, 0.3) is 27.8 Å². The Kier molecular flexibility index (Phi) is 5.31. The second-order valence-electron chi connectivity index (χ2n) is 9.79. The normalized spacial score (nSPS) is 27.1. The van der Waals surface area contributed by atoms with Gasteiger partial charge < -0.3 is 15.6 Å². The van der Waals surface area contributed by atoms with Crippen LogP contribution in [0.2, 0.25) is 0 Å². The highest BCUT2D eigenvalue weighted by Crippen LogP contribution is 2.48. The van der Waals surface area contributed by atoms with E-state index in [1.54, 1.807) is 29.1 Å². The van der Waals surface area contributed by atoms with Crippen LogP contribution in [0, 0.1) is 5.41 Å². The lowest BCUT2D eigenvalue weighted by atomic mass is 9.66. The molecule has 3 aromatic heterocycles. The zero-order chi connectivity index (χ0) is 24.3. The molecule has 0 radical (unpaired) electrons. The molecule has 6 rings (SSSR count). The molecule has 4 aromatic rings. The Labute approximate surface area is 199 Å². The summed E-state index contributed by atoms with van der Waals surface area (Å²) in [7, 11) is 0. The molecule has 2 aliphatic rings. The average Bonchev–Trinajstić information content (AvgIpc) is 3.56. The predicted molar refractivity (Wildman–Crippen MR) is 124 cm³/mol. The van der Waals surface area contributed by atoms with Gasteiger partial charge in [-0.15, -0.1) is 0 Å². The van der Waals surface area contributed by atoms with Gasteiger partial charge in [-0.1, -0.05) is 0 Å². The monoisotopic (exact) mass is 483 g/mol. The van der Waals surface area contributed by atoms with Gasteiger partial charge in [-0.3, -0.25) is 0 Å². The zero-order valence-corrected chi connectivity index (χ0v) is 19.3. The summed E-state index contributed by atoms with van der Waals surface area (Å²) in [6, 6.07) is 5.21. The molecule has 1 aliphatic heterocycles. The van der Waals surface area contributed by atoms with Crippen LogP contribution in [0.15, 0.2) is 30.6 Å². The smallest absolute Gasteiger partial charge is 0.333 e. The number of nitrogens with two attached hydrogens (primary N) is 1. The predicted octanol–water partition coefficient (Wildman–Crippen LogP) is 3.44. The van der Waals surface area contributed by atoms with Crippen molar-refractivity contribution < 1.29 is 18.6 Å². The quantitative estimate of drug-likeness (QED) is 0.457. The molecule has 1 spiro atoms. The van der Waals surface area contributed by atoms with E-state index in [0.29, 0.717) is 44.7 Å². The largest absolute Gasteiger partial charge is 0.390 e. The summed E-state index contributed by atoms with van der Waals surface area (Å²) >= 11 is 0. The fourth-order valence-electron chi connectivity index (χ4n) is 5.72. The van der Waals surface area contributed by atoms with Gasteiger partial charge in [0, 0.05) is 29.0 Å². The first-order valence-electron chi connectivity index (χ1n) is 11.9. The SMILES string of the molecule is C[C@@H]1OCC2(CCC(c3nc4cnn(-c5ccc6cn(C(F)F)nc6c5)c4nc3CO)CC2)[C@@H]1N. The van der Waals surface area contributed by atoms with E-state index >= 15 is 0 Å². The van der Waals surface area contributed by atoms with Crippen LogP contribution in [-0.4, -0.2) is 53.4 Å². The molecule has 3 N–H and O–H groups in total. The van der Waals surface area contributed by atoms with Crippen molar-refractivity contribution in [2.24, 2.45) is 11.1 Å². The molecule has 0 bridgehead atoms. The molecule has 4 heterocycles. The van der Waals surface area contributed by atoms with E-state index in [4.69, 9.17) is 20.4 Å². The fraction of sp³-hybridized carbons (Fsp3) is 0.500. The Hall–Kier alpha value is -3.02. The molecule has 1 aromatic carbocycles. The number of nitrogens with zero attached hydrogens (tertiary/aromatic N) is 6. The van der Waals surface area contributed by atoms with Crippen molar-refractivity contribution in [3.05, 3.63) is 42.0 Å². The summed E-state index contributed by atoms with van der Waals surface area (Å²) in [5.41, 5.74) is 9.99. The highest BCUT2D eigenvalue weighted by molar-refractivity contribution is 5.81. The van der Waals surface area contributed by atoms with Crippen molar-refractivity contribution in [3.8, 4) is 5.69 Å². The topological polar surface area (TPSA) is 117 Å². The summed E-state index contributed by atoms with van der Waals surface area (Å²) in [5, 5.41) is 19.1. The average molecular weight is 484 g/mol. The Bertz CT molecular complexity index is 1390. The molecule has 1 aliphatic carbocycles. The van der Waals surface area contributed by atoms with Gasteiger partial charge in [0.1, 0.15) is 5.52 Å². The van der Waals surface area contributed by atoms with E-state index in [1.165, 1.54) is 6.20 Å². The van der Waals surface area contributed by atoms with Crippen LogP contribution in [0.5, 0.6) is 0 Å². The molecule has 11 heteroatoms. The van der Waals surface area contributed by atoms with Crippen molar-refractivity contribution in [1.82, 2.24) is 29.5 Å². The number of aromatic nitrogens is 6. The van der Waals surface area contributed by atoms with E-state index in [-0.39, 0.29) is 30.1 Å². The molecule has 35 heavy (non-hydrogen) atoms. The zero-order valence-electron chi connectivity index (χ0n) is 19.3. The second kappa shape index (κ2) is 8.28. The standard InChI is InChI=1S/C24H27F2N7O2/c1-13-21(27)24(12-35-13)6-4-14(5-7-24)20-19(11-34)30-22-18(29-20)9-28-33(22)16-3-2-15-10-32(23(25)26)31-17(15)8-16/h2-3,8-10,13-14,21,23,34H,4-7,11-12,27H2,1H3/t13-,14?,21+,24?/m0/s1. The van der Waals surface area contributed by atoms with Gasteiger partial charge in [0.05, 0.1) is 48.1 Å². The Balaban J connectivity index is 1.32. The third kappa shape index (κ3) is 3.60. The van der Waals surface area contributed by atoms with E-state index in [1.807, 2.05) is 6.92 Å². The van der Waals surface area contributed by atoms with E-state index in [9.17, 15) is 13.9 Å². The van der Waals surface area contributed by atoms with Gasteiger partial charge in [0.15, 0.2) is 5.65 Å². The molecule has 184 valence electrons. The first kappa shape index (κ1) is 22.4. The third-order valence-electron chi connectivity index (χ3n) is 7.82. The van der Waals surface area contributed by atoms with Gasteiger partial charge >= 0.3 is 6.55 Å². The lowest BCUT2D eigenvalue weighted by Gasteiger charge is -2.39. The molecule has 2 fully saturated rings.